The zero-order valence-electron chi connectivity index (χ0n) is 8.93. The van der Waals surface area contributed by atoms with Gasteiger partial charge in [-0.25, -0.2) is 0 Å². The summed E-state index contributed by atoms with van der Waals surface area (Å²) in [6, 6.07) is 4.58. The van der Waals surface area contributed by atoms with Crippen molar-refractivity contribution in [3.8, 4) is 0 Å². The summed E-state index contributed by atoms with van der Waals surface area (Å²) in [5, 5.41) is 3.30. The van der Waals surface area contributed by atoms with Crippen LogP contribution in [0.2, 0.25) is 0 Å². The molecule has 1 aromatic carbocycles. The molecule has 3 N–H and O–H groups in total. The summed E-state index contributed by atoms with van der Waals surface area (Å²) >= 11 is 0. The fraction of sp³-hybridized carbons (Fsp3) is 0.500. The molecule has 0 amide bonds. The largest absolute Gasteiger partial charge is 0.369 e. The highest BCUT2D eigenvalue weighted by Gasteiger charge is 2.18. The second kappa shape index (κ2) is 3.62. The second-order valence-corrected chi connectivity index (χ2v) is 3.94. The molecule has 1 aliphatic heterocycles. The molecule has 0 bridgehead atoms. The maximum Gasteiger partial charge on any atom is 0.0784 e. The first-order valence-electron chi connectivity index (χ1n) is 5.41. The second-order valence-electron chi connectivity index (χ2n) is 3.94. The first-order valence-corrected chi connectivity index (χ1v) is 5.41. The van der Waals surface area contributed by atoms with Gasteiger partial charge in [0.05, 0.1) is 6.17 Å². The minimum absolute atomic E-state index is 0.113. The third kappa shape index (κ3) is 1.50. The van der Waals surface area contributed by atoms with E-state index >= 15 is 0 Å². The van der Waals surface area contributed by atoms with E-state index in [0.717, 1.165) is 19.3 Å². The Labute approximate surface area is 85.5 Å². The zero-order valence-corrected chi connectivity index (χ0v) is 8.93. The number of nitrogens with two attached hydrogens (primary N) is 1. The highest BCUT2D eigenvalue weighted by atomic mass is 15.0. The molecule has 14 heavy (non-hydrogen) atoms. The van der Waals surface area contributed by atoms with E-state index in [0.29, 0.717) is 0 Å². The third-order valence-electron chi connectivity index (χ3n) is 2.97. The van der Waals surface area contributed by atoms with Gasteiger partial charge in [-0.15, -0.1) is 0 Å². The van der Waals surface area contributed by atoms with Crippen LogP contribution in [-0.4, -0.2) is 6.17 Å². The van der Waals surface area contributed by atoms with Crippen molar-refractivity contribution in [1.29, 1.82) is 0 Å². The topological polar surface area (TPSA) is 38.0 Å². The van der Waals surface area contributed by atoms with Gasteiger partial charge in [0.1, 0.15) is 0 Å². The molecule has 1 heterocycles. The van der Waals surface area contributed by atoms with Crippen molar-refractivity contribution in [3.05, 3.63) is 28.8 Å². The summed E-state index contributed by atoms with van der Waals surface area (Å²) in [7, 11) is 0. The fourth-order valence-corrected chi connectivity index (χ4v) is 2.19. The van der Waals surface area contributed by atoms with Gasteiger partial charge >= 0.3 is 0 Å². The van der Waals surface area contributed by atoms with Crippen molar-refractivity contribution >= 4 is 5.69 Å². The van der Waals surface area contributed by atoms with Crippen molar-refractivity contribution in [2.45, 2.75) is 39.3 Å². The van der Waals surface area contributed by atoms with Crippen LogP contribution >= 0.6 is 0 Å². The van der Waals surface area contributed by atoms with Crippen molar-refractivity contribution < 1.29 is 0 Å². The Hall–Kier alpha value is -1.02. The van der Waals surface area contributed by atoms with Crippen LogP contribution in [-0.2, 0) is 19.3 Å². The maximum atomic E-state index is 5.86. The number of hydrogen-bond acceptors (Lipinski definition) is 2. The van der Waals surface area contributed by atoms with Gasteiger partial charge in [0.25, 0.3) is 0 Å². The maximum absolute atomic E-state index is 5.86. The van der Waals surface area contributed by atoms with E-state index in [1.165, 1.54) is 22.4 Å². The minimum atomic E-state index is 0.113. The lowest BCUT2D eigenvalue weighted by Crippen LogP contribution is -2.25. The van der Waals surface area contributed by atoms with E-state index < -0.39 is 0 Å². The highest BCUT2D eigenvalue weighted by molar-refractivity contribution is 5.60. The molecule has 0 spiro atoms. The van der Waals surface area contributed by atoms with Crippen molar-refractivity contribution in [2.75, 3.05) is 5.32 Å². The molecule has 2 heteroatoms. The van der Waals surface area contributed by atoms with E-state index in [2.05, 4.69) is 31.3 Å². The highest BCUT2D eigenvalue weighted by Crippen LogP contribution is 2.28. The first-order chi connectivity index (χ1) is 6.74. The molecule has 76 valence electrons. The molecule has 0 fully saturated rings. The van der Waals surface area contributed by atoms with E-state index in [1.54, 1.807) is 0 Å². The predicted octanol–water partition coefficient (Wildman–Crippen LogP) is 2.06. The van der Waals surface area contributed by atoms with Crippen molar-refractivity contribution in [2.24, 2.45) is 5.73 Å². The van der Waals surface area contributed by atoms with Crippen LogP contribution < -0.4 is 11.1 Å². The number of benzene rings is 1. The lowest BCUT2D eigenvalue weighted by molar-refractivity contribution is 0.797. The summed E-state index contributed by atoms with van der Waals surface area (Å²) in [6.07, 6.45) is 3.30. The quantitative estimate of drug-likeness (QED) is 0.749. The SMILES string of the molecule is CCc1cc2c(cc1CC)NC(N)C2. The van der Waals surface area contributed by atoms with Crippen molar-refractivity contribution in [1.82, 2.24) is 0 Å². The van der Waals surface area contributed by atoms with Crippen LogP contribution in [0.1, 0.15) is 30.5 Å². The minimum Gasteiger partial charge on any atom is -0.369 e. The van der Waals surface area contributed by atoms with Crippen molar-refractivity contribution in [3.63, 3.8) is 0 Å². The Bertz CT molecular complexity index is 311. The molecule has 1 unspecified atom stereocenters. The molecule has 0 saturated carbocycles. The lowest BCUT2D eigenvalue weighted by Gasteiger charge is -2.09. The summed E-state index contributed by atoms with van der Waals surface area (Å²) < 4.78 is 0. The molecule has 2 nitrogen and oxygen atoms in total. The molecule has 1 aliphatic rings. The van der Waals surface area contributed by atoms with Gasteiger partial charge < -0.3 is 11.1 Å². The molecule has 0 aliphatic carbocycles. The van der Waals surface area contributed by atoms with Crippen LogP contribution in [0.3, 0.4) is 0 Å². The van der Waals surface area contributed by atoms with Gasteiger partial charge in [0, 0.05) is 12.1 Å². The molecule has 0 aromatic heterocycles. The zero-order chi connectivity index (χ0) is 10.1. The summed E-state index contributed by atoms with van der Waals surface area (Å²) in [5.41, 5.74) is 11.4. The average molecular weight is 190 g/mol. The van der Waals surface area contributed by atoms with E-state index in [1.807, 2.05) is 0 Å². The summed E-state index contributed by atoms with van der Waals surface area (Å²) in [5.74, 6) is 0. The molecular weight excluding hydrogens is 172 g/mol. The Morgan fingerprint density at radius 3 is 2.57 bits per heavy atom. The van der Waals surface area contributed by atoms with Gasteiger partial charge in [0.2, 0.25) is 0 Å². The van der Waals surface area contributed by atoms with Crippen LogP contribution in [0.5, 0.6) is 0 Å². The van der Waals surface area contributed by atoms with Gasteiger partial charge in [-0.05, 0) is 35.6 Å². The Balaban J connectivity index is 2.43. The lowest BCUT2D eigenvalue weighted by atomic mass is 9.98. The molecular formula is C12H18N2. The van der Waals surface area contributed by atoms with Crippen LogP contribution in [0.4, 0.5) is 5.69 Å². The van der Waals surface area contributed by atoms with Gasteiger partial charge in [-0.2, -0.15) is 0 Å². The van der Waals surface area contributed by atoms with E-state index in [4.69, 9.17) is 5.73 Å². The molecule has 0 radical (unpaired) electrons. The van der Waals surface area contributed by atoms with E-state index in [-0.39, 0.29) is 6.17 Å². The number of nitrogens with one attached hydrogen (secondary N) is 1. The third-order valence-corrected chi connectivity index (χ3v) is 2.97. The van der Waals surface area contributed by atoms with Crippen LogP contribution in [0.25, 0.3) is 0 Å². The van der Waals surface area contributed by atoms with Gasteiger partial charge in [-0.3, -0.25) is 0 Å². The molecule has 0 saturated heterocycles. The number of rotatable bonds is 2. The predicted molar refractivity (Wildman–Crippen MR) is 60.5 cm³/mol. The monoisotopic (exact) mass is 190 g/mol. The number of fused-ring (bicyclic) bond motifs is 1. The Kier molecular flexibility index (Phi) is 2.46. The van der Waals surface area contributed by atoms with Gasteiger partial charge in [-0.1, -0.05) is 19.9 Å². The van der Waals surface area contributed by atoms with Crippen LogP contribution in [0.15, 0.2) is 12.1 Å². The summed E-state index contributed by atoms with van der Waals surface area (Å²) in [4.78, 5) is 0. The smallest absolute Gasteiger partial charge is 0.0784 e. The number of anilines is 1. The Morgan fingerprint density at radius 1 is 1.29 bits per heavy atom. The normalized spacial score (nSPS) is 19.2. The fourth-order valence-electron chi connectivity index (χ4n) is 2.19. The number of aryl methyl sites for hydroxylation is 2. The molecule has 1 aromatic rings. The number of hydrogen-bond donors (Lipinski definition) is 2. The average Bonchev–Trinajstić information content (AvgIpc) is 2.54. The molecule has 2 rings (SSSR count). The van der Waals surface area contributed by atoms with Gasteiger partial charge in [0.15, 0.2) is 0 Å². The first kappa shape index (κ1) is 9.53. The van der Waals surface area contributed by atoms with Crippen LogP contribution in [0, 0.1) is 0 Å². The molecule has 1 atom stereocenters. The standard InChI is InChI=1S/C12H18N2/c1-3-8-5-10-7-12(13)14-11(10)6-9(8)4-2/h5-6,12,14H,3-4,7,13H2,1-2H3. The summed E-state index contributed by atoms with van der Waals surface area (Å²) in [6.45, 7) is 4.42. The Morgan fingerprint density at radius 2 is 1.93 bits per heavy atom. The van der Waals surface area contributed by atoms with E-state index in [9.17, 15) is 0 Å².